The van der Waals surface area contributed by atoms with E-state index in [0.29, 0.717) is 17.4 Å². The Morgan fingerprint density at radius 3 is 2.35 bits per heavy atom. The maximum absolute atomic E-state index is 13.6. The van der Waals surface area contributed by atoms with E-state index in [4.69, 9.17) is 10.3 Å². The van der Waals surface area contributed by atoms with Gasteiger partial charge in [-0.15, -0.1) is 0 Å². The molecule has 2 fully saturated rings. The van der Waals surface area contributed by atoms with E-state index < -0.39 is 0 Å². The molecule has 0 unspecified atom stereocenters. The lowest BCUT2D eigenvalue weighted by Crippen LogP contribution is -2.38. The van der Waals surface area contributed by atoms with E-state index >= 15 is 0 Å². The summed E-state index contributed by atoms with van der Waals surface area (Å²) in [5, 5.41) is 9.06. The Morgan fingerprint density at radius 1 is 1.00 bits per heavy atom. The van der Waals surface area contributed by atoms with Gasteiger partial charge in [0.25, 0.3) is 5.91 Å². The van der Waals surface area contributed by atoms with Crippen LogP contribution in [0.5, 0.6) is 0 Å². The third-order valence-corrected chi connectivity index (χ3v) is 8.56. The van der Waals surface area contributed by atoms with Crippen LogP contribution in [0.1, 0.15) is 96.8 Å². The summed E-state index contributed by atoms with van der Waals surface area (Å²) in [4.78, 5) is 23.0. The number of hydrogen-bond donors (Lipinski definition) is 0. The minimum atomic E-state index is 0.127. The average Bonchev–Trinajstić information content (AvgIpc) is 2.89. The number of benzene rings is 2. The molecule has 5 rings (SSSR count). The lowest BCUT2D eigenvalue weighted by atomic mass is 9.77. The zero-order valence-corrected chi connectivity index (χ0v) is 22.5. The van der Waals surface area contributed by atoms with Crippen molar-refractivity contribution in [3.8, 4) is 6.07 Å². The van der Waals surface area contributed by atoms with Gasteiger partial charge < -0.3 is 9.80 Å². The topological polar surface area (TPSA) is 59.7 Å². The van der Waals surface area contributed by atoms with Crippen molar-refractivity contribution in [3.05, 3.63) is 81.6 Å². The van der Waals surface area contributed by atoms with Crippen LogP contribution in [0.2, 0.25) is 0 Å². The summed E-state index contributed by atoms with van der Waals surface area (Å²) in [6.07, 6.45) is 6.61. The summed E-state index contributed by atoms with van der Waals surface area (Å²) in [6, 6.07) is 16.5. The van der Waals surface area contributed by atoms with Crippen molar-refractivity contribution < 1.29 is 4.79 Å². The molecule has 2 aromatic rings. The van der Waals surface area contributed by atoms with E-state index in [1.54, 1.807) is 0 Å². The number of likely N-dealkylation sites (N-methyl/N-ethyl adjacent to an activating group) is 1. The van der Waals surface area contributed by atoms with Crippen LogP contribution >= 0.6 is 0 Å². The van der Waals surface area contributed by atoms with Crippen molar-refractivity contribution in [2.75, 3.05) is 33.2 Å². The molecular weight excluding hydrogens is 456 g/mol. The SMILES string of the molecule is CC(=NC1=C(C)CN(C)CC1)c1cc(C(=O)N2CCC(c3ccc(C#N)cc3)CC2)ccc1C1CCC1. The van der Waals surface area contributed by atoms with Crippen LogP contribution < -0.4 is 0 Å². The molecule has 1 saturated heterocycles. The molecule has 2 aliphatic heterocycles. The highest BCUT2D eigenvalue weighted by atomic mass is 16.2. The Morgan fingerprint density at radius 2 is 1.73 bits per heavy atom. The van der Waals surface area contributed by atoms with E-state index in [9.17, 15) is 4.79 Å². The number of aliphatic imine (C=N–C) groups is 1. The summed E-state index contributed by atoms with van der Waals surface area (Å²) in [6.45, 7) is 7.84. The highest BCUT2D eigenvalue weighted by molar-refractivity contribution is 6.04. The number of amides is 1. The van der Waals surface area contributed by atoms with Gasteiger partial charge in [-0.3, -0.25) is 9.79 Å². The monoisotopic (exact) mass is 494 g/mol. The van der Waals surface area contributed by atoms with Crippen LogP contribution in [-0.2, 0) is 0 Å². The molecule has 0 atom stereocenters. The average molecular weight is 495 g/mol. The van der Waals surface area contributed by atoms with E-state index in [1.807, 2.05) is 23.1 Å². The van der Waals surface area contributed by atoms with Gasteiger partial charge in [0.2, 0.25) is 0 Å². The van der Waals surface area contributed by atoms with Crippen LogP contribution in [0, 0.1) is 11.3 Å². The fourth-order valence-corrected chi connectivity index (χ4v) is 6.01. The second kappa shape index (κ2) is 11.0. The predicted octanol–water partition coefficient (Wildman–Crippen LogP) is 6.26. The molecule has 1 saturated carbocycles. The van der Waals surface area contributed by atoms with E-state index in [2.05, 4.69) is 56.1 Å². The van der Waals surface area contributed by atoms with Gasteiger partial charge in [0, 0.05) is 49.6 Å². The second-order valence-corrected chi connectivity index (χ2v) is 11.1. The van der Waals surface area contributed by atoms with Crippen molar-refractivity contribution in [1.29, 1.82) is 5.26 Å². The third kappa shape index (κ3) is 5.55. The van der Waals surface area contributed by atoms with E-state index in [1.165, 1.54) is 41.7 Å². The zero-order valence-electron chi connectivity index (χ0n) is 22.5. The molecule has 2 heterocycles. The normalized spacial score (nSPS) is 20.1. The number of rotatable bonds is 5. The quantitative estimate of drug-likeness (QED) is 0.461. The maximum atomic E-state index is 13.6. The van der Waals surface area contributed by atoms with Gasteiger partial charge in [-0.2, -0.15) is 5.26 Å². The van der Waals surface area contributed by atoms with Crippen LogP contribution in [0.4, 0.5) is 0 Å². The summed E-state index contributed by atoms with van der Waals surface area (Å²) in [7, 11) is 2.16. The molecule has 0 N–H and O–H groups in total. The van der Waals surface area contributed by atoms with Gasteiger partial charge in [0.15, 0.2) is 0 Å². The zero-order chi connectivity index (χ0) is 25.9. The van der Waals surface area contributed by atoms with Crippen LogP contribution in [0.25, 0.3) is 0 Å². The smallest absolute Gasteiger partial charge is 0.253 e. The highest BCUT2D eigenvalue weighted by Crippen LogP contribution is 2.39. The summed E-state index contributed by atoms with van der Waals surface area (Å²) >= 11 is 0. The molecule has 0 radical (unpaired) electrons. The summed E-state index contributed by atoms with van der Waals surface area (Å²) < 4.78 is 0. The molecule has 2 aromatic carbocycles. The molecule has 3 aliphatic rings. The largest absolute Gasteiger partial charge is 0.339 e. The Kier molecular flexibility index (Phi) is 7.58. The second-order valence-electron chi connectivity index (χ2n) is 11.1. The molecular formula is C32H38N4O. The predicted molar refractivity (Wildman–Crippen MR) is 149 cm³/mol. The number of nitrogens with zero attached hydrogens (tertiary/aromatic N) is 4. The van der Waals surface area contributed by atoms with Gasteiger partial charge in [0.05, 0.1) is 11.6 Å². The van der Waals surface area contributed by atoms with Crippen molar-refractivity contribution in [2.24, 2.45) is 4.99 Å². The van der Waals surface area contributed by atoms with E-state index in [-0.39, 0.29) is 5.91 Å². The fourth-order valence-electron chi connectivity index (χ4n) is 6.01. The lowest BCUT2D eigenvalue weighted by molar-refractivity contribution is 0.0713. The van der Waals surface area contributed by atoms with Crippen molar-refractivity contribution >= 4 is 11.6 Å². The van der Waals surface area contributed by atoms with Crippen LogP contribution in [-0.4, -0.2) is 54.6 Å². The van der Waals surface area contributed by atoms with Gasteiger partial charge in [-0.05, 0) is 105 Å². The first kappa shape index (κ1) is 25.4. The molecule has 1 amide bonds. The fraction of sp³-hybridized carbons (Fsp3) is 0.469. The summed E-state index contributed by atoms with van der Waals surface area (Å²) in [5.74, 6) is 1.15. The molecule has 0 aromatic heterocycles. The van der Waals surface area contributed by atoms with E-state index in [0.717, 1.165) is 62.3 Å². The van der Waals surface area contributed by atoms with Gasteiger partial charge in [-0.25, -0.2) is 0 Å². The number of piperidine rings is 1. The molecule has 37 heavy (non-hydrogen) atoms. The first-order chi connectivity index (χ1) is 17.9. The lowest BCUT2D eigenvalue weighted by Gasteiger charge is -2.33. The van der Waals surface area contributed by atoms with Crippen molar-refractivity contribution in [1.82, 2.24) is 9.80 Å². The highest BCUT2D eigenvalue weighted by Gasteiger charge is 2.27. The third-order valence-electron chi connectivity index (χ3n) is 8.56. The summed E-state index contributed by atoms with van der Waals surface area (Å²) in [5.41, 5.74) is 8.83. The Bertz CT molecular complexity index is 1250. The van der Waals surface area contributed by atoms with Crippen molar-refractivity contribution in [2.45, 2.75) is 64.2 Å². The molecule has 192 valence electrons. The molecule has 1 aliphatic carbocycles. The number of likely N-dealkylation sites (tertiary alicyclic amines) is 1. The number of nitriles is 1. The minimum Gasteiger partial charge on any atom is -0.339 e. The minimum absolute atomic E-state index is 0.127. The van der Waals surface area contributed by atoms with Gasteiger partial charge in [-0.1, -0.05) is 24.6 Å². The first-order valence-corrected chi connectivity index (χ1v) is 13.8. The first-order valence-electron chi connectivity index (χ1n) is 13.8. The number of carbonyl (C=O) groups excluding carboxylic acids is 1. The Balaban J connectivity index is 1.34. The van der Waals surface area contributed by atoms with Crippen LogP contribution in [0.3, 0.4) is 0 Å². The number of hydrogen-bond acceptors (Lipinski definition) is 4. The number of carbonyl (C=O) groups is 1. The standard InChI is InChI=1S/C32H38N4O/c1-22-21-35(3)16-15-31(22)34-23(2)30-19-28(11-12-29(30)27-5-4-6-27)32(37)36-17-13-26(14-18-36)25-9-7-24(20-33)8-10-25/h7-12,19,26-27H,4-6,13-18,21H2,1-3H3. The molecule has 0 bridgehead atoms. The Labute approximate surface area is 221 Å². The van der Waals surface area contributed by atoms with Crippen LogP contribution in [0.15, 0.2) is 58.7 Å². The van der Waals surface area contributed by atoms with Crippen molar-refractivity contribution in [3.63, 3.8) is 0 Å². The maximum Gasteiger partial charge on any atom is 0.253 e. The molecule has 5 nitrogen and oxygen atoms in total. The van der Waals surface area contributed by atoms with Gasteiger partial charge >= 0.3 is 0 Å². The van der Waals surface area contributed by atoms with Gasteiger partial charge in [0.1, 0.15) is 0 Å². The molecule has 5 heteroatoms. The Hall–Kier alpha value is -3.23. The molecule has 0 spiro atoms.